The molecule has 0 fully saturated rings. The van der Waals surface area contributed by atoms with Crippen molar-refractivity contribution in [1.29, 1.82) is 0 Å². The van der Waals surface area contributed by atoms with Crippen molar-refractivity contribution in [2.45, 2.75) is 24.8 Å². The molecule has 0 aliphatic rings. The van der Waals surface area contributed by atoms with Crippen LogP contribution in [-0.2, 0) is 4.79 Å². The van der Waals surface area contributed by atoms with Gasteiger partial charge in [-0.3, -0.25) is 4.79 Å². The number of benzene rings is 2. The molecule has 0 saturated carbocycles. The summed E-state index contributed by atoms with van der Waals surface area (Å²) in [7, 11) is 0. The number of rotatable bonds is 6. The quantitative estimate of drug-likeness (QED) is 0.696. The van der Waals surface area contributed by atoms with E-state index in [1.807, 2.05) is 44.2 Å². The second-order valence-corrected chi connectivity index (χ2v) is 6.53. The SMILES string of the molecule is CC(C)NC(=O)Nc1ccc(NC(=O)CSc2ccccc2)cc1. The molecule has 2 aromatic rings. The molecule has 0 saturated heterocycles. The average Bonchev–Trinajstić information content (AvgIpc) is 2.55. The molecule has 0 aromatic heterocycles. The van der Waals surface area contributed by atoms with Gasteiger partial charge in [0.1, 0.15) is 0 Å². The maximum absolute atomic E-state index is 12.0. The van der Waals surface area contributed by atoms with Crippen LogP contribution in [0.3, 0.4) is 0 Å². The number of urea groups is 1. The zero-order valence-corrected chi connectivity index (χ0v) is 14.5. The maximum atomic E-state index is 12.0. The number of carbonyl (C=O) groups excluding carboxylic acids is 2. The summed E-state index contributed by atoms with van der Waals surface area (Å²) in [5.74, 6) is 0.281. The topological polar surface area (TPSA) is 70.2 Å². The van der Waals surface area contributed by atoms with Crippen molar-refractivity contribution < 1.29 is 9.59 Å². The van der Waals surface area contributed by atoms with Crippen LogP contribution >= 0.6 is 11.8 Å². The Balaban J connectivity index is 1.80. The summed E-state index contributed by atoms with van der Waals surface area (Å²) in [6, 6.07) is 16.6. The molecule has 0 spiro atoms. The van der Waals surface area contributed by atoms with E-state index in [1.54, 1.807) is 24.3 Å². The minimum Gasteiger partial charge on any atom is -0.336 e. The van der Waals surface area contributed by atoms with E-state index in [9.17, 15) is 9.59 Å². The van der Waals surface area contributed by atoms with E-state index >= 15 is 0 Å². The van der Waals surface area contributed by atoms with E-state index < -0.39 is 0 Å². The Kier molecular flexibility index (Phi) is 6.69. The summed E-state index contributed by atoms with van der Waals surface area (Å²) < 4.78 is 0. The van der Waals surface area contributed by atoms with Gasteiger partial charge in [0.25, 0.3) is 0 Å². The Labute approximate surface area is 146 Å². The van der Waals surface area contributed by atoms with Gasteiger partial charge in [-0.05, 0) is 50.2 Å². The predicted molar refractivity (Wildman–Crippen MR) is 99.5 cm³/mol. The molecule has 3 amide bonds. The fourth-order valence-corrected chi connectivity index (χ4v) is 2.65. The molecule has 5 nitrogen and oxygen atoms in total. The van der Waals surface area contributed by atoms with Crippen LogP contribution in [0.4, 0.5) is 16.2 Å². The third kappa shape index (κ3) is 6.34. The number of nitrogens with one attached hydrogen (secondary N) is 3. The van der Waals surface area contributed by atoms with Crippen molar-refractivity contribution in [3.8, 4) is 0 Å². The van der Waals surface area contributed by atoms with Crippen molar-refractivity contribution in [3.05, 3.63) is 54.6 Å². The van der Waals surface area contributed by atoms with Crippen LogP contribution in [0.15, 0.2) is 59.5 Å². The fourth-order valence-electron chi connectivity index (χ4n) is 1.93. The van der Waals surface area contributed by atoms with Crippen molar-refractivity contribution >= 4 is 35.1 Å². The second kappa shape index (κ2) is 8.98. The van der Waals surface area contributed by atoms with Gasteiger partial charge in [0.05, 0.1) is 5.75 Å². The van der Waals surface area contributed by atoms with E-state index in [0.717, 1.165) is 4.90 Å². The zero-order valence-electron chi connectivity index (χ0n) is 13.7. The Hall–Kier alpha value is -2.47. The molecule has 126 valence electrons. The monoisotopic (exact) mass is 343 g/mol. The molecule has 6 heteroatoms. The van der Waals surface area contributed by atoms with Crippen LogP contribution < -0.4 is 16.0 Å². The highest BCUT2D eigenvalue weighted by Crippen LogP contribution is 2.18. The minimum atomic E-state index is -0.249. The molecule has 0 unspecified atom stereocenters. The van der Waals surface area contributed by atoms with Gasteiger partial charge in [-0.15, -0.1) is 11.8 Å². The van der Waals surface area contributed by atoms with Gasteiger partial charge in [-0.1, -0.05) is 18.2 Å². The molecular weight excluding hydrogens is 322 g/mol. The lowest BCUT2D eigenvalue weighted by molar-refractivity contribution is -0.113. The van der Waals surface area contributed by atoms with Gasteiger partial charge in [-0.25, -0.2) is 4.79 Å². The first-order chi connectivity index (χ1) is 11.5. The first kappa shape index (κ1) is 17.9. The molecule has 2 rings (SSSR count). The van der Waals surface area contributed by atoms with Gasteiger partial charge in [0.2, 0.25) is 5.91 Å². The van der Waals surface area contributed by atoms with Gasteiger partial charge >= 0.3 is 6.03 Å². The lowest BCUT2D eigenvalue weighted by atomic mass is 10.3. The largest absolute Gasteiger partial charge is 0.336 e. The van der Waals surface area contributed by atoms with Crippen LogP contribution in [0.1, 0.15) is 13.8 Å². The lowest BCUT2D eigenvalue weighted by Crippen LogP contribution is -2.34. The van der Waals surface area contributed by atoms with Crippen LogP contribution in [0.5, 0.6) is 0 Å². The highest BCUT2D eigenvalue weighted by molar-refractivity contribution is 8.00. The maximum Gasteiger partial charge on any atom is 0.319 e. The Morgan fingerprint density at radius 2 is 1.50 bits per heavy atom. The van der Waals surface area contributed by atoms with Gasteiger partial charge in [-0.2, -0.15) is 0 Å². The zero-order chi connectivity index (χ0) is 17.4. The van der Waals surface area contributed by atoms with E-state index in [1.165, 1.54) is 11.8 Å². The van der Waals surface area contributed by atoms with Crippen molar-refractivity contribution in [1.82, 2.24) is 5.32 Å². The first-order valence-electron chi connectivity index (χ1n) is 7.68. The average molecular weight is 343 g/mol. The summed E-state index contributed by atoms with van der Waals surface area (Å²) in [6.45, 7) is 3.79. The van der Waals surface area contributed by atoms with Gasteiger partial charge in [0, 0.05) is 22.3 Å². The molecular formula is C18H21N3O2S. The van der Waals surface area contributed by atoms with Crippen LogP contribution in [0.25, 0.3) is 0 Å². The molecule has 0 aliphatic heterocycles. The molecule has 24 heavy (non-hydrogen) atoms. The third-order valence-corrected chi connectivity index (χ3v) is 3.97. The summed E-state index contributed by atoms with van der Waals surface area (Å²) in [5, 5.41) is 8.32. The molecule has 0 heterocycles. The predicted octanol–water partition coefficient (Wildman–Crippen LogP) is 3.95. The Bertz CT molecular complexity index is 672. The molecule has 0 aliphatic carbocycles. The number of hydrogen-bond acceptors (Lipinski definition) is 3. The number of hydrogen-bond donors (Lipinski definition) is 3. The van der Waals surface area contributed by atoms with Gasteiger partial charge < -0.3 is 16.0 Å². The van der Waals surface area contributed by atoms with E-state index in [2.05, 4.69) is 16.0 Å². The number of thioether (sulfide) groups is 1. The van der Waals surface area contributed by atoms with Crippen molar-refractivity contribution in [3.63, 3.8) is 0 Å². The lowest BCUT2D eigenvalue weighted by Gasteiger charge is -2.11. The summed E-state index contributed by atoms with van der Waals surface area (Å²) in [6.07, 6.45) is 0. The third-order valence-electron chi connectivity index (χ3n) is 2.96. The molecule has 0 bridgehead atoms. The molecule has 0 atom stereocenters. The first-order valence-corrected chi connectivity index (χ1v) is 8.67. The summed E-state index contributed by atoms with van der Waals surface area (Å²) in [4.78, 5) is 24.6. The number of carbonyl (C=O) groups is 2. The normalized spacial score (nSPS) is 10.3. The highest BCUT2D eigenvalue weighted by Gasteiger charge is 2.05. The van der Waals surface area contributed by atoms with Crippen LogP contribution in [0.2, 0.25) is 0 Å². The Morgan fingerprint density at radius 3 is 2.08 bits per heavy atom. The van der Waals surface area contributed by atoms with Crippen molar-refractivity contribution in [2.24, 2.45) is 0 Å². The minimum absolute atomic E-state index is 0.0675. The fraction of sp³-hybridized carbons (Fsp3) is 0.222. The highest BCUT2D eigenvalue weighted by atomic mass is 32.2. The smallest absolute Gasteiger partial charge is 0.319 e. The summed E-state index contributed by atoms with van der Waals surface area (Å²) >= 11 is 1.49. The number of amides is 3. The van der Waals surface area contributed by atoms with Crippen LogP contribution in [0, 0.1) is 0 Å². The molecule has 2 aromatic carbocycles. The Morgan fingerprint density at radius 1 is 0.917 bits per heavy atom. The summed E-state index contributed by atoms with van der Waals surface area (Å²) in [5.41, 5.74) is 1.37. The van der Waals surface area contributed by atoms with E-state index in [0.29, 0.717) is 17.1 Å². The molecule has 0 radical (unpaired) electrons. The second-order valence-electron chi connectivity index (χ2n) is 5.48. The molecule has 3 N–H and O–H groups in total. The standard InChI is InChI=1S/C18H21N3O2S/c1-13(2)19-18(23)21-15-10-8-14(9-11-15)20-17(22)12-24-16-6-4-3-5-7-16/h3-11,13H,12H2,1-2H3,(H,20,22)(H2,19,21,23). The van der Waals surface area contributed by atoms with E-state index in [-0.39, 0.29) is 18.0 Å². The van der Waals surface area contributed by atoms with Crippen LogP contribution in [-0.4, -0.2) is 23.7 Å². The number of anilines is 2. The van der Waals surface area contributed by atoms with Gasteiger partial charge in [0.15, 0.2) is 0 Å². The van der Waals surface area contributed by atoms with E-state index in [4.69, 9.17) is 0 Å². The van der Waals surface area contributed by atoms with Crippen molar-refractivity contribution in [2.75, 3.05) is 16.4 Å².